The molecule has 0 aliphatic rings. The monoisotopic (exact) mass is 367 g/mol. The first kappa shape index (κ1) is 21.5. The van der Waals surface area contributed by atoms with Crippen molar-refractivity contribution < 1.29 is 0 Å². The van der Waals surface area contributed by atoms with Gasteiger partial charge in [0.2, 0.25) is 0 Å². The lowest BCUT2D eigenvalue weighted by molar-refractivity contribution is 0.339. The lowest BCUT2D eigenvalue weighted by Gasteiger charge is -2.35. The Morgan fingerprint density at radius 1 is 0.667 bits per heavy atom. The number of rotatable bonds is 4. The minimum absolute atomic E-state index is 0.000238. The van der Waals surface area contributed by atoms with Crippen LogP contribution in [0.4, 0.5) is 0 Å². The van der Waals surface area contributed by atoms with Crippen LogP contribution >= 0.6 is 0 Å². The minimum atomic E-state index is -0.0604. The van der Waals surface area contributed by atoms with Gasteiger partial charge in [-0.2, -0.15) is 0 Å². The first-order valence-electron chi connectivity index (χ1n) is 9.94. The first-order chi connectivity index (χ1) is 12.1. The summed E-state index contributed by atoms with van der Waals surface area (Å²) in [7, 11) is 0. The molecule has 0 saturated carbocycles. The topological polar surface area (TPSA) is 38.7 Å². The van der Waals surface area contributed by atoms with Gasteiger partial charge in [0.05, 0.1) is 0 Å². The van der Waals surface area contributed by atoms with Crippen LogP contribution < -0.4 is 0 Å². The van der Waals surface area contributed by atoms with Gasteiger partial charge >= 0.3 is 0 Å². The molecule has 3 nitrogen and oxygen atoms in total. The predicted molar refractivity (Wildman–Crippen MR) is 114 cm³/mol. The highest BCUT2D eigenvalue weighted by atomic mass is 14.9. The molecule has 0 fully saturated rings. The standard InChI is InChI=1S/C24H37N3/c1-21(2,3)18-12-11-17(15-26-18)23(7,8)16-24(9,10)19-13-14-25-20(27-19)22(4,5)6/h11-15H,16H2,1-10H3. The molecule has 0 atom stereocenters. The van der Waals surface area contributed by atoms with Gasteiger partial charge in [0.25, 0.3) is 0 Å². The van der Waals surface area contributed by atoms with E-state index in [1.54, 1.807) is 0 Å². The summed E-state index contributed by atoms with van der Waals surface area (Å²) in [4.78, 5) is 14.1. The SMILES string of the molecule is CC(C)(C)c1ccc(C(C)(C)CC(C)(C)c2ccnc(C(C)(C)C)n2)cn1. The van der Waals surface area contributed by atoms with Crippen molar-refractivity contribution in [1.82, 2.24) is 15.0 Å². The smallest absolute Gasteiger partial charge is 0.133 e. The second kappa shape index (κ2) is 7.00. The Kier molecular flexibility index (Phi) is 5.58. The Balaban J connectivity index is 2.30. The molecule has 2 aromatic heterocycles. The van der Waals surface area contributed by atoms with E-state index in [0.717, 1.165) is 23.6 Å². The van der Waals surface area contributed by atoms with E-state index in [0.29, 0.717) is 0 Å². The van der Waals surface area contributed by atoms with Gasteiger partial charge in [0, 0.05) is 40.0 Å². The fraction of sp³-hybridized carbons (Fsp3) is 0.625. The number of pyridine rings is 1. The molecule has 3 heteroatoms. The zero-order valence-electron chi connectivity index (χ0n) is 18.9. The molecule has 27 heavy (non-hydrogen) atoms. The molecule has 2 heterocycles. The van der Waals surface area contributed by atoms with Crippen molar-refractivity contribution in [3.05, 3.63) is 53.4 Å². The molecule has 0 radical (unpaired) electrons. The zero-order valence-corrected chi connectivity index (χ0v) is 18.9. The van der Waals surface area contributed by atoms with Crippen molar-refractivity contribution in [3.63, 3.8) is 0 Å². The van der Waals surface area contributed by atoms with Crippen LogP contribution in [0.5, 0.6) is 0 Å². The number of aromatic nitrogens is 3. The van der Waals surface area contributed by atoms with E-state index in [9.17, 15) is 0 Å². The van der Waals surface area contributed by atoms with Gasteiger partial charge in [-0.05, 0) is 29.5 Å². The van der Waals surface area contributed by atoms with Crippen LogP contribution in [-0.4, -0.2) is 15.0 Å². The Morgan fingerprint density at radius 2 is 1.30 bits per heavy atom. The third kappa shape index (κ3) is 5.15. The fourth-order valence-corrected chi connectivity index (χ4v) is 3.63. The molecular weight excluding hydrogens is 330 g/mol. The van der Waals surface area contributed by atoms with Crippen LogP contribution in [0.25, 0.3) is 0 Å². The summed E-state index contributed by atoms with van der Waals surface area (Å²) in [5.74, 6) is 0.905. The second-order valence-corrected chi connectivity index (χ2v) is 11.1. The zero-order chi connectivity index (χ0) is 20.7. The van der Waals surface area contributed by atoms with Crippen molar-refractivity contribution >= 4 is 0 Å². The van der Waals surface area contributed by atoms with Crippen LogP contribution in [0.2, 0.25) is 0 Å². The van der Waals surface area contributed by atoms with Gasteiger partial charge in [-0.3, -0.25) is 4.98 Å². The van der Waals surface area contributed by atoms with Crippen molar-refractivity contribution in [3.8, 4) is 0 Å². The molecule has 0 saturated heterocycles. The van der Waals surface area contributed by atoms with Gasteiger partial charge in [-0.15, -0.1) is 0 Å². The fourth-order valence-electron chi connectivity index (χ4n) is 3.63. The molecule has 0 amide bonds. The van der Waals surface area contributed by atoms with Crippen LogP contribution in [-0.2, 0) is 21.7 Å². The highest BCUT2D eigenvalue weighted by Gasteiger charge is 2.34. The van der Waals surface area contributed by atoms with Crippen LogP contribution in [0, 0.1) is 0 Å². The Labute approximate surface area is 166 Å². The minimum Gasteiger partial charge on any atom is -0.260 e. The summed E-state index contributed by atoms with van der Waals surface area (Å²) in [5.41, 5.74) is 3.48. The van der Waals surface area contributed by atoms with Crippen molar-refractivity contribution in [2.24, 2.45) is 0 Å². The van der Waals surface area contributed by atoms with E-state index in [1.807, 2.05) is 6.20 Å². The van der Waals surface area contributed by atoms with Crippen molar-refractivity contribution in [2.75, 3.05) is 0 Å². The molecule has 0 N–H and O–H groups in total. The normalized spacial score (nSPS) is 13.7. The lowest BCUT2D eigenvalue weighted by atomic mass is 9.70. The van der Waals surface area contributed by atoms with Crippen molar-refractivity contribution in [2.45, 2.75) is 97.3 Å². The van der Waals surface area contributed by atoms with Gasteiger partial charge < -0.3 is 0 Å². The van der Waals surface area contributed by atoms with E-state index >= 15 is 0 Å². The first-order valence-corrected chi connectivity index (χ1v) is 9.94. The predicted octanol–water partition coefficient (Wildman–Crippen LogP) is 6.11. The molecule has 0 spiro atoms. The summed E-state index contributed by atoms with van der Waals surface area (Å²) in [6, 6.07) is 6.48. The van der Waals surface area contributed by atoms with E-state index in [1.165, 1.54) is 5.56 Å². The second-order valence-electron chi connectivity index (χ2n) is 11.1. The summed E-state index contributed by atoms with van der Waals surface area (Å²) in [5, 5.41) is 0. The molecule has 0 aliphatic heterocycles. The quantitative estimate of drug-likeness (QED) is 0.654. The summed E-state index contributed by atoms with van der Waals surface area (Å²) >= 11 is 0. The maximum Gasteiger partial charge on any atom is 0.133 e. The molecule has 148 valence electrons. The van der Waals surface area contributed by atoms with E-state index in [2.05, 4.69) is 98.6 Å². The Hall–Kier alpha value is -1.77. The molecule has 0 aromatic carbocycles. The Bertz CT molecular complexity index is 773. The summed E-state index contributed by atoms with van der Waals surface area (Å²) < 4.78 is 0. The molecule has 0 unspecified atom stereocenters. The molecular formula is C24H37N3. The van der Waals surface area contributed by atoms with Crippen LogP contribution in [0.15, 0.2) is 30.6 Å². The highest BCUT2D eigenvalue weighted by molar-refractivity contribution is 5.27. The Morgan fingerprint density at radius 3 is 1.78 bits per heavy atom. The maximum atomic E-state index is 4.91. The van der Waals surface area contributed by atoms with E-state index < -0.39 is 0 Å². The average molecular weight is 368 g/mol. The molecule has 2 rings (SSSR count). The molecule has 0 aliphatic carbocycles. The van der Waals surface area contributed by atoms with Gasteiger partial charge in [0.1, 0.15) is 5.82 Å². The van der Waals surface area contributed by atoms with E-state index in [4.69, 9.17) is 9.97 Å². The van der Waals surface area contributed by atoms with Gasteiger partial charge in [-0.1, -0.05) is 75.3 Å². The molecule has 0 bridgehead atoms. The summed E-state index contributed by atoms with van der Waals surface area (Å²) in [6.45, 7) is 22.2. The maximum absolute atomic E-state index is 4.91. The van der Waals surface area contributed by atoms with Crippen LogP contribution in [0.1, 0.15) is 98.4 Å². The van der Waals surface area contributed by atoms with E-state index in [-0.39, 0.29) is 21.7 Å². The average Bonchev–Trinajstić information content (AvgIpc) is 2.52. The number of nitrogens with zero attached hydrogens (tertiary/aromatic N) is 3. The highest BCUT2D eigenvalue weighted by Crippen LogP contribution is 2.38. The third-order valence-electron chi connectivity index (χ3n) is 5.22. The number of hydrogen-bond acceptors (Lipinski definition) is 3. The number of hydrogen-bond donors (Lipinski definition) is 0. The van der Waals surface area contributed by atoms with Crippen LogP contribution in [0.3, 0.4) is 0 Å². The van der Waals surface area contributed by atoms with Gasteiger partial charge in [-0.25, -0.2) is 9.97 Å². The largest absolute Gasteiger partial charge is 0.260 e. The van der Waals surface area contributed by atoms with Gasteiger partial charge in [0.15, 0.2) is 0 Å². The lowest BCUT2D eigenvalue weighted by Crippen LogP contribution is -2.31. The summed E-state index contributed by atoms with van der Waals surface area (Å²) in [6.07, 6.45) is 4.94. The molecule has 2 aromatic rings. The third-order valence-corrected chi connectivity index (χ3v) is 5.22. The van der Waals surface area contributed by atoms with Crippen molar-refractivity contribution in [1.29, 1.82) is 0 Å².